The van der Waals surface area contributed by atoms with E-state index in [1.165, 1.54) is 24.9 Å². The van der Waals surface area contributed by atoms with Crippen molar-refractivity contribution in [3.8, 4) is 0 Å². The van der Waals surface area contributed by atoms with Crippen LogP contribution in [0.5, 0.6) is 0 Å². The fraction of sp³-hybridized carbons (Fsp3) is 0.600. The molecule has 0 bridgehead atoms. The van der Waals surface area contributed by atoms with Crippen molar-refractivity contribution < 1.29 is 0 Å². The molecule has 0 aliphatic heterocycles. The van der Waals surface area contributed by atoms with Crippen molar-refractivity contribution >= 4 is 5.69 Å². The maximum Gasteiger partial charge on any atom is 0.0526 e. The molecule has 0 amide bonds. The average Bonchev–Trinajstić information content (AvgIpc) is 2.66. The number of nitrogens with two attached hydrogens (primary N) is 1. The van der Waals surface area contributed by atoms with Gasteiger partial charge in [0.05, 0.1) is 5.54 Å². The van der Waals surface area contributed by atoms with Crippen LogP contribution in [0.15, 0.2) is 30.3 Å². The molecule has 0 radical (unpaired) electrons. The fourth-order valence-corrected chi connectivity index (χ4v) is 3.16. The minimum Gasteiger partial charge on any atom is -0.368 e. The molecule has 0 heterocycles. The highest BCUT2D eigenvalue weighted by Crippen LogP contribution is 2.46. The first-order valence-electron chi connectivity index (χ1n) is 6.48. The molecule has 17 heavy (non-hydrogen) atoms. The molecule has 0 aromatic heterocycles. The standard InChI is InChI=1S/C15H24N2/c1-14(2)9-10-15(11-14,12-16)17(3)13-7-5-4-6-8-13/h4-8H,9-12,16H2,1-3H3. The highest BCUT2D eigenvalue weighted by Gasteiger charge is 2.45. The molecule has 1 aliphatic carbocycles. The Morgan fingerprint density at radius 3 is 2.29 bits per heavy atom. The third-order valence-electron chi connectivity index (χ3n) is 4.31. The first-order valence-corrected chi connectivity index (χ1v) is 6.48. The number of anilines is 1. The van der Waals surface area contributed by atoms with Crippen LogP contribution in [0.2, 0.25) is 0 Å². The van der Waals surface area contributed by atoms with E-state index < -0.39 is 0 Å². The smallest absolute Gasteiger partial charge is 0.0526 e. The summed E-state index contributed by atoms with van der Waals surface area (Å²) in [6.07, 6.45) is 3.64. The Bertz CT molecular complexity index is 372. The molecule has 0 spiro atoms. The van der Waals surface area contributed by atoms with Crippen LogP contribution in [-0.2, 0) is 0 Å². The maximum atomic E-state index is 6.09. The Morgan fingerprint density at radius 2 is 1.82 bits per heavy atom. The molecule has 2 N–H and O–H groups in total. The molecule has 0 saturated heterocycles. The lowest BCUT2D eigenvalue weighted by molar-refractivity contribution is 0.332. The Morgan fingerprint density at radius 1 is 1.18 bits per heavy atom. The minimum atomic E-state index is 0.144. The van der Waals surface area contributed by atoms with Crippen molar-refractivity contribution in [3.63, 3.8) is 0 Å². The average molecular weight is 232 g/mol. The van der Waals surface area contributed by atoms with E-state index in [0.717, 1.165) is 6.54 Å². The zero-order chi connectivity index (χ0) is 12.5. The van der Waals surface area contributed by atoms with Gasteiger partial charge < -0.3 is 10.6 Å². The number of hydrogen-bond acceptors (Lipinski definition) is 2. The molecule has 2 nitrogen and oxygen atoms in total. The summed E-state index contributed by atoms with van der Waals surface area (Å²) in [6.45, 7) is 5.44. The van der Waals surface area contributed by atoms with Gasteiger partial charge in [-0.05, 0) is 36.8 Å². The van der Waals surface area contributed by atoms with Gasteiger partial charge in [0.1, 0.15) is 0 Å². The lowest BCUT2D eigenvalue weighted by Crippen LogP contribution is -2.51. The molecule has 2 heteroatoms. The van der Waals surface area contributed by atoms with Crippen molar-refractivity contribution in [1.82, 2.24) is 0 Å². The number of para-hydroxylation sites is 1. The van der Waals surface area contributed by atoms with Crippen LogP contribution in [0, 0.1) is 5.41 Å². The molecule has 2 rings (SSSR count). The number of nitrogens with zero attached hydrogens (tertiary/aromatic N) is 1. The van der Waals surface area contributed by atoms with E-state index in [0.29, 0.717) is 5.41 Å². The summed E-state index contributed by atoms with van der Waals surface area (Å²) in [7, 11) is 2.18. The molecular weight excluding hydrogens is 208 g/mol. The van der Waals surface area contributed by atoms with Gasteiger partial charge in [0.25, 0.3) is 0 Å². The maximum absolute atomic E-state index is 6.09. The van der Waals surface area contributed by atoms with Crippen LogP contribution in [0.25, 0.3) is 0 Å². The van der Waals surface area contributed by atoms with Crippen molar-refractivity contribution in [3.05, 3.63) is 30.3 Å². The number of benzene rings is 1. The Kier molecular flexibility index (Phi) is 3.17. The summed E-state index contributed by atoms with van der Waals surface area (Å²) >= 11 is 0. The zero-order valence-electron chi connectivity index (χ0n) is 11.2. The zero-order valence-corrected chi connectivity index (χ0v) is 11.2. The van der Waals surface area contributed by atoms with Gasteiger partial charge >= 0.3 is 0 Å². The molecule has 1 aromatic rings. The monoisotopic (exact) mass is 232 g/mol. The molecule has 1 unspecified atom stereocenters. The van der Waals surface area contributed by atoms with Gasteiger partial charge in [0.2, 0.25) is 0 Å². The number of likely N-dealkylation sites (N-methyl/N-ethyl adjacent to an activating group) is 1. The Hall–Kier alpha value is -1.02. The van der Waals surface area contributed by atoms with Gasteiger partial charge in [-0.3, -0.25) is 0 Å². The lowest BCUT2D eigenvalue weighted by atomic mass is 9.86. The van der Waals surface area contributed by atoms with Gasteiger partial charge in [-0.25, -0.2) is 0 Å². The van der Waals surface area contributed by atoms with Gasteiger partial charge in [-0.15, -0.1) is 0 Å². The third-order valence-corrected chi connectivity index (χ3v) is 4.31. The predicted molar refractivity (Wildman–Crippen MR) is 74.3 cm³/mol. The predicted octanol–water partition coefficient (Wildman–Crippen LogP) is 3.03. The number of hydrogen-bond donors (Lipinski definition) is 1. The fourth-order valence-electron chi connectivity index (χ4n) is 3.16. The van der Waals surface area contributed by atoms with E-state index in [1.807, 2.05) is 0 Å². The summed E-state index contributed by atoms with van der Waals surface area (Å²) in [6, 6.07) is 10.6. The summed E-state index contributed by atoms with van der Waals surface area (Å²) in [5, 5.41) is 0. The largest absolute Gasteiger partial charge is 0.368 e. The third kappa shape index (κ3) is 2.32. The normalized spacial score (nSPS) is 27.1. The van der Waals surface area contributed by atoms with Crippen molar-refractivity contribution in [2.45, 2.75) is 38.6 Å². The first-order chi connectivity index (χ1) is 7.99. The minimum absolute atomic E-state index is 0.144. The van der Waals surface area contributed by atoms with Crippen LogP contribution < -0.4 is 10.6 Å². The molecular formula is C15H24N2. The highest BCUT2D eigenvalue weighted by atomic mass is 15.2. The van der Waals surface area contributed by atoms with Gasteiger partial charge in [-0.2, -0.15) is 0 Å². The van der Waals surface area contributed by atoms with E-state index in [2.05, 4.69) is 56.1 Å². The lowest BCUT2D eigenvalue weighted by Gasteiger charge is -2.41. The van der Waals surface area contributed by atoms with E-state index >= 15 is 0 Å². The van der Waals surface area contributed by atoms with Crippen molar-refractivity contribution in [2.24, 2.45) is 11.1 Å². The highest BCUT2D eigenvalue weighted by molar-refractivity contribution is 5.48. The SMILES string of the molecule is CN(c1ccccc1)C1(CN)CCC(C)(C)C1. The van der Waals surface area contributed by atoms with E-state index in [1.54, 1.807) is 0 Å². The van der Waals surface area contributed by atoms with Gasteiger partial charge in [0.15, 0.2) is 0 Å². The molecule has 94 valence electrons. The summed E-state index contributed by atoms with van der Waals surface area (Å²) in [5.41, 5.74) is 7.92. The summed E-state index contributed by atoms with van der Waals surface area (Å²) in [5.74, 6) is 0. The second-order valence-electron chi connectivity index (χ2n) is 6.16. The quantitative estimate of drug-likeness (QED) is 0.868. The second kappa shape index (κ2) is 4.34. The number of rotatable bonds is 3. The van der Waals surface area contributed by atoms with Gasteiger partial charge in [0, 0.05) is 19.3 Å². The van der Waals surface area contributed by atoms with E-state index in [-0.39, 0.29) is 5.54 Å². The van der Waals surface area contributed by atoms with Crippen LogP contribution in [0.4, 0.5) is 5.69 Å². The Labute approximate surface area is 105 Å². The van der Waals surface area contributed by atoms with Crippen LogP contribution >= 0.6 is 0 Å². The topological polar surface area (TPSA) is 29.3 Å². The van der Waals surface area contributed by atoms with E-state index in [9.17, 15) is 0 Å². The van der Waals surface area contributed by atoms with Crippen LogP contribution in [0.3, 0.4) is 0 Å². The van der Waals surface area contributed by atoms with Crippen LogP contribution in [0.1, 0.15) is 33.1 Å². The molecule has 1 atom stereocenters. The van der Waals surface area contributed by atoms with Crippen molar-refractivity contribution in [2.75, 3.05) is 18.5 Å². The Balaban J connectivity index is 2.25. The van der Waals surface area contributed by atoms with Crippen LogP contribution in [-0.4, -0.2) is 19.1 Å². The van der Waals surface area contributed by atoms with Crippen molar-refractivity contribution in [1.29, 1.82) is 0 Å². The van der Waals surface area contributed by atoms with Gasteiger partial charge in [-0.1, -0.05) is 32.0 Å². The first kappa shape index (κ1) is 12.4. The molecule has 1 aliphatic rings. The summed E-state index contributed by atoms with van der Waals surface area (Å²) < 4.78 is 0. The molecule has 1 saturated carbocycles. The second-order valence-corrected chi connectivity index (χ2v) is 6.16. The van der Waals surface area contributed by atoms with E-state index in [4.69, 9.17) is 5.73 Å². The molecule has 1 aromatic carbocycles. The summed E-state index contributed by atoms with van der Waals surface area (Å²) in [4.78, 5) is 2.39. The molecule has 1 fully saturated rings.